The molecule has 0 aliphatic heterocycles. The van der Waals surface area contributed by atoms with Gasteiger partial charge in [0.25, 0.3) is 0 Å². The van der Waals surface area contributed by atoms with Crippen molar-refractivity contribution in [2.24, 2.45) is 0 Å². The number of pyridine rings is 1. The van der Waals surface area contributed by atoms with Crippen molar-refractivity contribution < 1.29 is 14.3 Å². The number of alkyl halides is 1. The summed E-state index contributed by atoms with van der Waals surface area (Å²) in [5, 5.41) is 10.1. The molecule has 0 fully saturated rings. The minimum Gasteiger partial charge on any atom is -0.495 e. The van der Waals surface area contributed by atoms with Crippen molar-refractivity contribution in [2.45, 2.75) is 11.0 Å². The molecule has 0 saturated heterocycles. The maximum absolute atomic E-state index is 12.5. The smallest absolute Gasteiger partial charge is 0.414 e. The van der Waals surface area contributed by atoms with Crippen molar-refractivity contribution in [1.29, 1.82) is 5.26 Å². The summed E-state index contributed by atoms with van der Waals surface area (Å²) in [4.78, 5) is 18.3. The third kappa shape index (κ3) is 4.02. The first-order valence-electron chi connectivity index (χ1n) is 8.49. The van der Waals surface area contributed by atoms with Crippen LogP contribution in [-0.2, 0) is 15.8 Å². The third-order valence-corrected chi connectivity index (χ3v) is 5.14. The number of hydrogen-bond acceptors (Lipinski definition) is 5. The van der Waals surface area contributed by atoms with Crippen molar-refractivity contribution in [3.63, 3.8) is 0 Å². The first-order chi connectivity index (χ1) is 13.6. The van der Waals surface area contributed by atoms with Crippen LogP contribution in [0.1, 0.15) is 16.7 Å². The lowest BCUT2D eigenvalue weighted by molar-refractivity contribution is 0.148. The fraction of sp³-hybridized carbons (Fsp3) is 0.190. The van der Waals surface area contributed by atoms with E-state index in [1.54, 1.807) is 26.4 Å². The van der Waals surface area contributed by atoms with Gasteiger partial charge in [0.05, 0.1) is 23.9 Å². The minimum atomic E-state index is -0.496. The van der Waals surface area contributed by atoms with Crippen LogP contribution in [0.25, 0.3) is 10.9 Å². The number of nitrogens with zero attached hydrogens (tertiary/aromatic N) is 3. The molecule has 0 bridgehead atoms. The zero-order chi connectivity index (χ0) is 20.1. The predicted octanol–water partition coefficient (Wildman–Crippen LogP) is 4.82. The molecule has 0 aliphatic carbocycles. The molecule has 0 spiro atoms. The largest absolute Gasteiger partial charge is 0.495 e. The van der Waals surface area contributed by atoms with Crippen LogP contribution in [0, 0.1) is 11.3 Å². The fourth-order valence-electron chi connectivity index (χ4n) is 2.84. The number of benzene rings is 2. The number of carbonyl (C=O) groups is 1. The maximum atomic E-state index is 12.5. The first kappa shape index (κ1) is 19.9. The van der Waals surface area contributed by atoms with Gasteiger partial charge in [-0.3, -0.25) is 9.88 Å². The van der Waals surface area contributed by atoms with Crippen molar-refractivity contribution in [3.8, 4) is 11.8 Å². The lowest BCUT2D eigenvalue weighted by Gasteiger charge is -2.21. The predicted molar refractivity (Wildman–Crippen MR) is 116 cm³/mol. The second kappa shape index (κ2) is 8.89. The standard InChI is InChI=1S/C21H18IN3O3/c1-25(21(26)28-13-14-6-4-3-5-7-14)19-9-18-16(8-20(19)27-2)17(10-22)15(11-23)12-24-18/h3-9,12H,10,13H2,1-2H3. The number of rotatable bonds is 5. The first-order valence-corrected chi connectivity index (χ1v) is 10.0. The van der Waals surface area contributed by atoms with Crippen LogP contribution in [0.4, 0.5) is 10.5 Å². The van der Waals surface area contributed by atoms with Crippen LogP contribution >= 0.6 is 22.6 Å². The Hall–Kier alpha value is -2.86. The molecule has 2 aromatic carbocycles. The number of anilines is 1. The van der Waals surface area contributed by atoms with Gasteiger partial charge in [-0.15, -0.1) is 0 Å². The molecule has 0 atom stereocenters. The molecule has 3 aromatic rings. The SMILES string of the molecule is COc1cc2c(CI)c(C#N)cnc2cc1N(C)C(=O)OCc1ccccc1. The highest BCUT2D eigenvalue weighted by Gasteiger charge is 2.19. The Morgan fingerprint density at radius 1 is 1.29 bits per heavy atom. The highest BCUT2D eigenvalue weighted by atomic mass is 127. The molecular weight excluding hydrogens is 469 g/mol. The summed E-state index contributed by atoms with van der Waals surface area (Å²) in [5.41, 5.74) is 3.57. The number of ether oxygens (including phenoxy) is 2. The van der Waals surface area contributed by atoms with E-state index in [-0.39, 0.29) is 6.61 Å². The molecule has 142 valence electrons. The van der Waals surface area contributed by atoms with E-state index in [9.17, 15) is 10.1 Å². The van der Waals surface area contributed by atoms with E-state index in [1.807, 2.05) is 36.4 Å². The minimum absolute atomic E-state index is 0.183. The van der Waals surface area contributed by atoms with E-state index in [0.717, 1.165) is 16.5 Å². The van der Waals surface area contributed by atoms with Gasteiger partial charge in [0.1, 0.15) is 18.4 Å². The molecule has 6 nitrogen and oxygen atoms in total. The van der Waals surface area contributed by atoms with Crippen LogP contribution in [-0.4, -0.2) is 25.2 Å². The van der Waals surface area contributed by atoms with E-state index in [4.69, 9.17) is 9.47 Å². The van der Waals surface area contributed by atoms with Crippen LogP contribution < -0.4 is 9.64 Å². The summed E-state index contributed by atoms with van der Waals surface area (Å²) in [7, 11) is 3.17. The van der Waals surface area contributed by atoms with Crippen LogP contribution in [0.3, 0.4) is 0 Å². The summed E-state index contributed by atoms with van der Waals surface area (Å²) >= 11 is 2.22. The molecule has 0 unspecified atom stereocenters. The van der Waals surface area contributed by atoms with Gasteiger partial charge in [-0.2, -0.15) is 5.26 Å². The molecule has 0 radical (unpaired) electrons. The Labute approximate surface area is 176 Å². The summed E-state index contributed by atoms with van der Waals surface area (Å²) < 4.78 is 11.6. The molecule has 1 amide bonds. The zero-order valence-electron chi connectivity index (χ0n) is 15.5. The van der Waals surface area contributed by atoms with Gasteiger partial charge in [-0.25, -0.2) is 4.79 Å². The topological polar surface area (TPSA) is 75.5 Å². The number of aromatic nitrogens is 1. The molecule has 28 heavy (non-hydrogen) atoms. The average Bonchev–Trinajstić information content (AvgIpc) is 2.75. The summed E-state index contributed by atoms with van der Waals surface area (Å²) in [6.45, 7) is 0.183. The number of carbonyl (C=O) groups excluding carboxylic acids is 1. The second-order valence-corrected chi connectivity index (χ2v) is 6.80. The molecule has 0 aliphatic rings. The van der Waals surface area contributed by atoms with Crippen LogP contribution in [0.2, 0.25) is 0 Å². The van der Waals surface area contributed by atoms with Crippen molar-refractivity contribution in [2.75, 3.05) is 19.1 Å². The maximum Gasteiger partial charge on any atom is 0.414 e. The zero-order valence-corrected chi connectivity index (χ0v) is 17.6. The lowest BCUT2D eigenvalue weighted by Crippen LogP contribution is -2.27. The number of amides is 1. The molecule has 7 heteroatoms. The summed E-state index contributed by atoms with van der Waals surface area (Å²) in [6.07, 6.45) is 1.06. The van der Waals surface area contributed by atoms with Crippen molar-refractivity contribution in [3.05, 3.63) is 65.4 Å². The van der Waals surface area contributed by atoms with E-state index >= 15 is 0 Å². The summed E-state index contributed by atoms with van der Waals surface area (Å²) in [5.74, 6) is 0.509. The average molecular weight is 487 g/mol. The molecule has 3 rings (SSSR count). The van der Waals surface area contributed by atoms with Crippen LogP contribution in [0.15, 0.2) is 48.7 Å². The quantitative estimate of drug-likeness (QED) is 0.381. The summed E-state index contributed by atoms with van der Waals surface area (Å²) in [6, 6.07) is 15.2. The Morgan fingerprint density at radius 3 is 2.68 bits per heavy atom. The lowest BCUT2D eigenvalue weighted by atomic mass is 10.0. The van der Waals surface area contributed by atoms with E-state index < -0.39 is 6.09 Å². The van der Waals surface area contributed by atoms with E-state index in [1.165, 1.54) is 4.90 Å². The van der Waals surface area contributed by atoms with Gasteiger partial charge in [-0.1, -0.05) is 52.9 Å². The van der Waals surface area contributed by atoms with Gasteiger partial charge >= 0.3 is 6.09 Å². The fourth-order valence-corrected chi connectivity index (χ4v) is 3.67. The monoisotopic (exact) mass is 487 g/mol. The number of fused-ring (bicyclic) bond motifs is 1. The Balaban J connectivity index is 1.93. The van der Waals surface area contributed by atoms with Crippen molar-refractivity contribution >= 4 is 45.3 Å². The number of halogens is 1. The third-order valence-electron chi connectivity index (χ3n) is 4.37. The van der Waals surface area contributed by atoms with Gasteiger partial charge in [0.2, 0.25) is 0 Å². The van der Waals surface area contributed by atoms with Gasteiger partial charge < -0.3 is 9.47 Å². The van der Waals surface area contributed by atoms with E-state index in [0.29, 0.717) is 26.9 Å². The molecule has 0 N–H and O–H groups in total. The molecule has 1 aromatic heterocycles. The molecule has 0 saturated carbocycles. The Morgan fingerprint density at radius 2 is 2.04 bits per heavy atom. The molecular formula is C21H18IN3O3. The normalized spacial score (nSPS) is 10.4. The van der Waals surface area contributed by atoms with Crippen molar-refractivity contribution in [1.82, 2.24) is 4.98 Å². The second-order valence-electron chi connectivity index (χ2n) is 6.04. The van der Waals surface area contributed by atoms with Gasteiger partial charge in [-0.05, 0) is 23.3 Å². The number of nitriles is 1. The number of hydrogen-bond donors (Lipinski definition) is 0. The van der Waals surface area contributed by atoms with Gasteiger partial charge in [0.15, 0.2) is 0 Å². The van der Waals surface area contributed by atoms with E-state index in [2.05, 4.69) is 33.6 Å². The van der Waals surface area contributed by atoms with Gasteiger partial charge in [0, 0.05) is 23.1 Å². The number of methoxy groups -OCH3 is 1. The Bertz CT molecular complexity index is 1050. The highest BCUT2D eigenvalue weighted by molar-refractivity contribution is 14.1. The molecule has 1 heterocycles. The van der Waals surface area contributed by atoms with Crippen LogP contribution in [0.5, 0.6) is 5.75 Å². The Kier molecular flexibility index (Phi) is 6.31. The highest BCUT2D eigenvalue weighted by Crippen LogP contribution is 2.35.